The van der Waals surface area contributed by atoms with Gasteiger partial charge in [0.05, 0.1) is 17.1 Å². The van der Waals surface area contributed by atoms with E-state index in [0.717, 1.165) is 11.3 Å². The van der Waals surface area contributed by atoms with Crippen molar-refractivity contribution in [3.63, 3.8) is 0 Å². The summed E-state index contributed by atoms with van der Waals surface area (Å²) < 4.78 is 27.1. The number of pyridine rings is 1. The monoisotopic (exact) mass is 305 g/mol. The molecule has 1 aromatic carbocycles. The topological polar surface area (TPSA) is 85.1 Å². The molecule has 2 rings (SSSR count). The lowest BCUT2D eigenvalue weighted by molar-refractivity contribution is 0.600. The molecule has 0 unspecified atom stereocenters. The smallest absolute Gasteiger partial charge is 0.236 e. The highest BCUT2D eigenvalue weighted by Gasteiger charge is 2.13. The lowest BCUT2D eigenvalue weighted by Crippen LogP contribution is -2.16. The van der Waals surface area contributed by atoms with Crippen molar-refractivity contribution in [3.8, 4) is 0 Å². The van der Waals surface area contributed by atoms with Gasteiger partial charge in [0.15, 0.2) is 0 Å². The van der Waals surface area contributed by atoms with E-state index in [-0.39, 0.29) is 5.75 Å². The zero-order valence-electron chi connectivity index (χ0n) is 12.1. The van der Waals surface area contributed by atoms with Crippen LogP contribution < -0.4 is 10.5 Å². The molecule has 0 bridgehead atoms. The molecule has 1 heterocycles. The van der Waals surface area contributed by atoms with Gasteiger partial charge in [0, 0.05) is 12.2 Å². The fraction of sp³-hybridized carbons (Fsp3) is 0.267. The van der Waals surface area contributed by atoms with Gasteiger partial charge < -0.3 is 5.73 Å². The summed E-state index contributed by atoms with van der Waals surface area (Å²) in [5.41, 5.74) is 9.21. The standard InChI is InChI=1S/C15H19N3O2S/c1-11-6-7-15(12(2)17-11)18-21(19,20)10-14-5-3-4-13(8-14)9-16/h3-8,18H,9-10,16H2,1-2H3. The summed E-state index contributed by atoms with van der Waals surface area (Å²) in [5, 5.41) is 0. The third-order valence-corrected chi connectivity index (χ3v) is 4.32. The van der Waals surface area contributed by atoms with Crippen LogP contribution >= 0.6 is 0 Å². The first-order valence-corrected chi connectivity index (χ1v) is 8.27. The first-order chi connectivity index (χ1) is 9.89. The first-order valence-electron chi connectivity index (χ1n) is 6.62. The minimum atomic E-state index is -3.48. The van der Waals surface area contributed by atoms with Crippen LogP contribution in [0, 0.1) is 13.8 Å². The maximum atomic E-state index is 12.2. The summed E-state index contributed by atoms with van der Waals surface area (Å²) in [6.45, 7) is 4.03. The summed E-state index contributed by atoms with van der Waals surface area (Å²) in [5.74, 6) is -0.0891. The third-order valence-electron chi connectivity index (χ3n) is 3.07. The van der Waals surface area contributed by atoms with Gasteiger partial charge >= 0.3 is 0 Å². The molecule has 21 heavy (non-hydrogen) atoms. The number of anilines is 1. The van der Waals surface area contributed by atoms with Crippen LogP contribution in [0.5, 0.6) is 0 Å². The molecule has 6 heteroatoms. The highest BCUT2D eigenvalue weighted by molar-refractivity contribution is 7.91. The van der Waals surface area contributed by atoms with E-state index >= 15 is 0 Å². The number of aromatic nitrogens is 1. The lowest BCUT2D eigenvalue weighted by Gasteiger charge is -2.11. The Kier molecular flexibility index (Phi) is 4.59. The summed E-state index contributed by atoms with van der Waals surface area (Å²) >= 11 is 0. The molecule has 0 aliphatic rings. The predicted molar refractivity (Wildman–Crippen MR) is 84.3 cm³/mol. The molecular weight excluding hydrogens is 286 g/mol. The molecule has 0 saturated carbocycles. The molecule has 1 aromatic heterocycles. The van der Waals surface area contributed by atoms with Crippen LogP contribution in [0.1, 0.15) is 22.5 Å². The summed E-state index contributed by atoms with van der Waals surface area (Å²) in [6.07, 6.45) is 0. The molecule has 0 aliphatic carbocycles. The van der Waals surface area contributed by atoms with Crippen LogP contribution in [-0.2, 0) is 22.3 Å². The molecule has 0 radical (unpaired) electrons. The fourth-order valence-electron chi connectivity index (χ4n) is 2.06. The van der Waals surface area contributed by atoms with Gasteiger partial charge in [0.2, 0.25) is 10.0 Å². The number of rotatable bonds is 5. The average molecular weight is 305 g/mol. The predicted octanol–water partition coefficient (Wildman–Crippen LogP) is 2.10. The molecule has 5 nitrogen and oxygen atoms in total. The van der Waals surface area contributed by atoms with Crippen LogP contribution in [0.2, 0.25) is 0 Å². The highest BCUT2D eigenvalue weighted by atomic mass is 32.2. The number of sulfonamides is 1. The van der Waals surface area contributed by atoms with Gasteiger partial charge in [0.1, 0.15) is 0 Å². The van der Waals surface area contributed by atoms with E-state index in [2.05, 4.69) is 9.71 Å². The molecule has 0 fully saturated rings. The van der Waals surface area contributed by atoms with Gasteiger partial charge in [-0.1, -0.05) is 24.3 Å². The average Bonchev–Trinajstić information content (AvgIpc) is 2.41. The molecule has 0 amide bonds. The van der Waals surface area contributed by atoms with Crippen molar-refractivity contribution in [2.24, 2.45) is 5.73 Å². The van der Waals surface area contributed by atoms with Gasteiger partial charge in [0.25, 0.3) is 0 Å². The Morgan fingerprint density at radius 1 is 1.14 bits per heavy atom. The summed E-state index contributed by atoms with van der Waals surface area (Å²) in [6, 6.07) is 10.8. The zero-order valence-corrected chi connectivity index (χ0v) is 12.9. The van der Waals surface area contributed by atoms with Crippen LogP contribution in [0.4, 0.5) is 5.69 Å². The minimum Gasteiger partial charge on any atom is -0.326 e. The Morgan fingerprint density at radius 2 is 1.86 bits per heavy atom. The quantitative estimate of drug-likeness (QED) is 0.886. The molecule has 2 aromatic rings. The molecule has 0 atom stereocenters. The van der Waals surface area contributed by atoms with E-state index in [4.69, 9.17) is 5.73 Å². The fourth-order valence-corrected chi connectivity index (χ4v) is 3.31. The second kappa shape index (κ2) is 6.24. The Morgan fingerprint density at radius 3 is 2.52 bits per heavy atom. The third kappa shape index (κ3) is 4.27. The second-order valence-electron chi connectivity index (χ2n) is 4.97. The van der Waals surface area contributed by atoms with E-state index in [1.54, 1.807) is 31.2 Å². The van der Waals surface area contributed by atoms with Gasteiger partial charge in [-0.3, -0.25) is 9.71 Å². The minimum absolute atomic E-state index is 0.0891. The van der Waals surface area contributed by atoms with E-state index in [9.17, 15) is 8.42 Å². The molecule has 0 spiro atoms. The number of benzene rings is 1. The van der Waals surface area contributed by atoms with Gasteiger partial charge in [-0.25, -0.2) is 8.42 Å². The Balaban J connectivity index is 2.18. The van der Waals surface area contributed by atoms with Crippen LogP contribution in [0.3, 0.4) is 0 Å². The molecule has 3 N–H and O–H groups in total. The van der Waals surface area contributed by atoms with E-state index in [1.165, 1.54) is 0 Å². The van der Waals surface area contributed by atoms with Crippen LogP contribution in [-0.4, -0.2) is 13.4 Å². The summed E-state index contributed by atoms with van der Waals surface area (Å²) in [7, 11) is -3.48. The number of nitrogens with one attached hydrogen (secondary N) is 1. The van der Waals surface area contributed by atoms with Crippen molar-refractivity contribution in [3.05, 3.63) is 58.9 Å². The first kappa shape index (κ1) is 15.5. The van der Waals surface area contributed by atoms with E-state index < -0.39 is 10.0 Å². The number of nitrogens with zero attached hydrogens (tertiary/aromatic N) is 1. The van der Waals surface area contributed by atoms with Crippen LogP contribution in [0.25, 0.3) is 0 Å². The van der Waals surface area contributed by atoms with Crippen molar-refractivity contribution in [2.45, 2.75) is 26.1 Å². The molecule has 112 valence electrons. The van der Waals surface area contributed by atoms with Crippen molar-refractivity contribution < 1.29 is 8.42 Å². The van der Waals surface area contributed by atoms with E-state index in [0.29, 0.717) is 23.5 Å². The number of hydrogen-bond acceptors (Lipinski definition) is 4. The molecular formula is C15H19N3O2S. The highest BCUT2D eigenvalue weighted by Crippen LogP contribution is 2.17. The molecule has 0 aliphatic heterocycles. The second-order valence-corrected chi connectivity index (χ2v) is 6.69. The SMILES string of the molecule is Cc1ccc(NS(=O)(=O)Cc2cccc(CN)c2)c(C)n1. The number of nitrogens with two attached hydrogens (primary N) is 1. The number of hydrogen-bond donors (Lipinski definition) is 2. The van der Waals surface area contributed by atoms with Crippen molar-refractivity contribution in [1.82, 2.24) is 4.98 Å². The molecule has 0 saturated heterocycles. The Bertz CT molecular complexity index is 742. The van der Waals surface area contributed by atoms with Gasteiger partial charge in [-0.05, 0) is 37.1 Å². The van der Waals surface area contributed by atoms with Gasteiger partial charge in [-0.15, -0.1) is 0 Å². The number of aryl methyl sites for hydroxylation is 2. The summed E-state index contributed by atoms with van der Waals surface area (Å²) in [4.78, 5) is 4.25. The maximum absolute atomic E-state index is 12.2. The Labute approximate surface area is 125 Å². The largest absolute Gasteiger partial charge is 0.326 e. The van der Waals surface area contributed by atoms with E-state index in [1.807, 2.05) is 19.1 Å². The normalized spacial score (nSPS) is 11.4. The zero-order chi connectivity index (χ0) is 15.5. The maximum Gasteiger partial charge on any atom is 0.236 e. The Hall–Kier alpha value is -1.92. The lowest BCUT2D eigenvalue weighted by atomic mass is 10.1. The van der Waals surface area contributed by atoms with Crippen molar-refractivity contribution in [1.29, 1.82) is 0 Å². The van der Waals surface area contributed by atoms with Crippen molar-refractivity contribution >= 4 is 15.7 Å². The van der Waals surface area contributed by atoms with Gasteiger partial charge in [-0.2, -0.15) is 0 Å². The van der Waals surface area contributed by atoms with Crippen LogP contribution in [0.15, 0.2) is 36.4 Å². The van der Waals surface area contributed by atoms with Crippen molar-refractivity contribution in [2.75, 3.05) is 4.72 Å².